The summed E-state index contributed by atoms with van der Waals surface area (Å²) in [7, 11) is 3.46. The van der Waals surface area contributed by atoms with Gasteiger partial charge in [-0.25, -0.2) is 0 Å². The Bertz CT molecular complexity index is 2340. The van der Waals surface area contributed by atoms with E-state index in [0.717, 1.165) is 78.9 Å². The number of fused-ring (bicyclic) bond motifs is 3. The molecule has 0 saturated carbocycles. The Labute approximate surface area is 294 Å². The summed E-state index contributed by atoms with van der Waals surface area (Å²) >= 11 is 0. The minimum atomic E-state index is -1.12. The van der Waals surface area contributed by atoms with Crippen LogP contribution in [0.4, 0.5) is 0 Å². The van der Waals surface area contributed by atoms with Gasteiger partial charge >= 0.3 is 0 Å². The maximum absolute atomic E-state index is 6.85. The van der Waals surface area contributed by atoms with Crippen LogP contribution in [0.1, 0.15) is 46.2 Å². The van der Waals surface area contributed by atoms with Crippen LogP contribution >= 0.6 is 0 Å². The Morgan fingerprint density at radius 2 is 1.16 bits per heavy atom. The summed E-state index contributed by atoms with van der Waals surface area (Å²) in [4.78, 5) is 0. The smallest absolute Gasteiger partial charge is 0.223 e. The molecule has 7 aromatic carbocycles. The molecule has 0 spiro atoms. The zero-order valence-corrected chi connectivity index (χ0v) is 29.2. The molecule has 1 saturated heterocycles. The van der Waals surface area contributed by atoms with E-state index in [2.05, 4.69) is 147 Å². The average molecular weight is 659 g/mol. The lowest BCUT2D eigenvalue weighted by molar-refractivity contribution is -0.203. The summed E-state index contributed by atoms with van der Waals surface area (Å²) in [6.45, 7) is 5.53. The summed E-state index contributed by atoms with van der Waals surface area (Å²) in [5, 5.41) is 6.82. The Morgan fingerprint density at radius 3 is 1.92 bits per heavy atom. The second-order valence-electron chi connectivity index (χ2n) is 13.4. The molecule has 0 N–H and O–H groups in total. The van der Waals surface area contributed by atoms with Crippen LogP contribution in [0.25, 0.3) is 43.4 Å². The highest BCUT2D eigenvalue weighted by Gasteiger charge is 2.41. The molecule has 0 radical (unpaired) electrons. The third-order valence-electron chi connectivity index (χ3n) is 10.5. The molecule has 4 heteroatoms. The molecule has 1 fully saturated rings. The van der Waals surface area contributed by atoms with E-state index in [1.807, 2.05) is 0 Å². The zero-order valence-electron chi connectivity index (χ0n) is 29.2. The van der Waals surface area contributed by atoms with E-state index in [9.17, 15) is 0 Å². The average Bonchev–Trinajstić information content (AvgIpc) is 3.43. The lowest BCUT2D eigenvalue weighted by atomic mass is 9.86. The van der Waals surface area contributed by atoms with Crippen LogP contribution in [0.3, 0.4) is 0 Å². The number of rotatable bonds is 7. The molecular weight excluding hydrogens is 617 g/mol. The van der Waals surface area contributed by atoms with Crippen molar-refractivity contribution in [1.29, 1.82) is 0 Å². The summed E-state index contributed by atoms with van der Waals surface area (Å²) < 4.78 is 26.5. The normalized spacial score (nSPS) is 15.0. The first kappa shape index (κ1) is 32.4. The van der Waals surface area contributed by atoms with Crippen LogP contribution < -0.4 is 0 Å². The lowest BCUT2D eigenvalue weighted by Gasteiger charge is -2.36. The van der Waals surface area contributed by atoms with Gasteiger partial charge in [0.2, 0.25) is 11.6 Å². The van der Waals surface area contributed by atoms with E-state index in [1.54, 1.807) is 14.2 Å². The highest BCUT2D eigenvalue weighted by Crippen LogP contribution is 2.45. The van der Waals surface area contributed by atoms with Gasteiger partial charge in [-0.3, -0.25) is 0 Å². The maximum atomic E-state index is 6.85. The molecule has 50 heavy (non-hydrogen) atoms. The second-order valence-corrected chi connectivity index (χ2v) is 13.4. The molecule has 0 atom stereocenters. The van der Waals surface area contributed by atoms with E-state index >= 15 is 0 Å². The first-order valence-corrected chi connectivity index (χ1v) is 17.5. The van der Waals surface area contributed by atoms with Crippen molar-refractivity contribution in [3.05, 3.63) is 167 Å². The number of hydrogen-bond donors (Lipinski definition) is 0. The number of aryl methyl sites for hydroxylation is 2. The van der Waals surface area contributed by atoms with Crippen molar-refractivity contribution in [2.75, 3.05) is 27.4 Å². The minimum Gasteiger partial charge on any atom is -0.346 e. The predicted molar refractivity (Wildman–Crippen MR) is 203 cm³/mol. The fourth-order valence-corrected chi connectivity index (χ4v) is 7.96. The SMILES string of the molecule is COC(OC)(c1ccc2ccccc2c1)c1c(C)ccc2ccc(-c3cccc(C4(c5c(C)ccc6ccccc56)OCCCCO4)c3)cc12. The van der Waals surface area contributed by atoms with Gasteiger partial charge in [-0.2, -0.15) is 0 Å². The highest BCUT2D eigenvalue weighted by atomic mass is 16.7. The summed E-state index contributed by atoms with van der Waals surface area (Å²) in [6.07, 6.45) is 1.91. The third kappa shape index (κ3) is 5.31. The molecule has 8 rings (SSSR count). The van der Waals surface area contributed by atoms with Crippen LogP contribution in [-0.2, 0) is 30.5 Å². The summed E-state index contributed by atoms with van der Waals surface area (Å²) in [6, 6.07) is 47.4. The van der Waals surface area contributed by atoms with Crippen molar-refractivity contribution < 1.29 is 18.9 Å². The third-order valence-corrected chi connectivity index (χ3v) is 10.5. The zero-order chi connectivity index (χ0) is 34.3. The minimum absolute atomic E-state index is 0.621. The largest absolute Gasteiger partial charge is 0.346 e. The number of methoxy groups -OCH3 is 2. The maximum Gasteiger partial charge on any atom is 0.223 e. The Kier molecular flexibility index (Phi) is 8.50. The van der Waals surface area contributed by atoms with Crippen LogP contribution in [0, 0.1) is 13.8 Å². The standard InChI is InChI=1S/C46H42O4/c1-31-18-20-34-13-7-8-17-41(34)43(31)46(49-26-9-10-27-50-46)39-16-11-15-37(29-39)38-23-22-35-21-19-32(2)44(42(35)30-38)45(47-3,48-4)40-25-24-33-12-5-6-14-36(33)28-40/h5-8,11-25,28-30H,9-10,26-27H2,1-4H3. The Balaban J connectivity index is 1.31. The predicted octanol–water partition coefficient (Wildman–Crippen LogP) is 11.0. The van der Waals surface area contributed by atoms with Gasteiger partial charge in [-0.15, -0.1) is 0 Å². The molecule has 0 bridgehead atoms. The van der Waals surface area contributed by atoms with Gasteiger partial charge in [0, 0.05) is 36.5 Å². The topological polar surface area (TPSA) is 36.9 Å². The number of benzene rings is 7. The monoisotopic (exact) mass is 658 g/mol. The number of ether oxygens (including phenoxy) is 4. The van der Waals surface area contributed by atoms with E-state index in [-0.39, 0.29) is 0 Å². The van der Waals surface area contributed by atoms with Gasteiger partial charge in [-0.1, -0.05) is 115 Å². The van der Waals surface area contributed by atoms with Crippen LogP contribution in [-0.4, -0.2) is 27.4 Å². The molecule has 0 amide bonds. The molecule has 0 aliphatic carbocycles. The van der Waals surface area contributed by atoms with Crippen molar-refractivity contribution in [3.8, 4) is 11.1 Å². The van der Waals surface area contributed by atoms with Gasteiger partial charge in [0.05, 0.1) is 13.2 Å². The fraction of sp³-hybridized carbons (Fsp3) is 0.217. The van der Waals surface area contributed by atoms with Gasteiger partial charge in [0.25, 0.3) is 0 Å². The van der Waals surface area contributed by atoms with E-state index < -0.39 is 11.6 Å². The second kappa shape index (κ2) is 13.1. The Morgan fingerprint density at radius 1 is 0.540 bits per heavy atom. The molecule has 1 aliphatic heterocycles. The summed E-state index contributed by atoms with van der Waals surface area (Å²) in [5.41, 5.74) is 8.40. The van der Waals surface area contributed by atoms with E-state index in [0.29, 0.717) is 13.2 Å². The van der Waals surface area contributed by atoms with Crippen LogP contribution in [0.5, 0.6) is 0 Å². The van der Waals surface area contributed by atoms with Crippen molar-refractivity contribution in [2.24, 2.45) is 0 Å². The molecule has 250 valence electrons. The van der Waals surface area contributed by atoms with Crippen molar-refractivity contribution >= 4 is 32.3 Å². The Hall–Kier alpha value is -4.84. The van der Waals surface area contributed by atoms with E-state index in [4.69, 9.17) is 18.9 Å². The first-order chi connectivity index (χ1) is 24.5. The summed E-state index contributed by atoms with van der Waals surface area (Å²) in [5.74, 6) is -2.15. The van der Waals surface area contributed by atoms with E-state index in [1.165, 1.54) is 10.8 Å². The van der Waals surface area contributed by atoms with Crippen molar-refractivity contribution in [2.45, 2.75) is 38.3 Å². The molecule has 7 aromatic rings. The quantitative estimate of drug-likeness (QED) is 0.160. The lowest BCUT2D eigenvalue weighted by Crippen LogP contribution is -2.35. The highest BCUT2D eigenvalue weighted by molar-refractivity contribution is 5.93. The van der Waals surface area contributed by atoms with Gasteiger partial charge in [-0.05, 0) is 99.5 Å². The van der Waals surface area contributed by atoms with Crippen molar-refractivity contribution in [1.82, 2.24) is 0 Å². The molecule has 0 aromatic heterocycles. The van der Waals surface area contributed by atoms with Gasteiger partial charge < -0.3 is 18.9 Å². The van der Waals surface area contributed by atoms with Crippen molar-refractivity contribution in [3.63, 3.8) is 0 Å². The van der Waals surface area contributed by atoms with Crippen LogP contribution in [0.15, 0.2) is 133 Å². The molecule has 4 nitrogen and oxygen atoms in total. The molecule has 1 heterocycles. The number of hydrogen-bond acceptors (Lipinski definition) is 4. The fourth-order valence-electron chi connectivity index (χ4n) is 7.96. The molecule has 0 unspecified atom stereocenters. The molecule has 1 aliphatic rings. The van der Waals surface area contributed by atoms with Gasteiger partial charge in [0.1, 0.15) is 0 Å². The van der Waals surface area contributed by atoms with Crippen LogP contribution in [0.2, 0.25) is 0 Å². The molecular formula is C46H42O4. The first-order valence-electron chi connectivity index (χ1n) is 17.5. The van der Waals surface area contributed by atoms with Gasteiger partial charge in [0.15, 0.2) is 0 Å².